The molecule has 0 amide bonds. The van der Waals surface area contributed by atoms with Crippen LogP contribution in [0.4, 0.5) is 0 Å². The van der Waals surface area contributed by atoms with Gasteiger partial charge in [0.05, 0.1) is 0 Å². The van der Waals surface area contributed by atoms with Crippen molar-refractivity contribution in [1.82, 2.24) is 4.98 Å². The lowest BCUT2D eigenvalue weighted by atomic mass is 10.2. The van der Waals surface area contributed by atoms with E-state index < -0.39 is 5.97 Å². The highest BCUT2D eigenvalue weighted by Gasteiger charge is 2.18. The minimum absolute atomic E-state index is 0.0308. The molecule has 1 aromatic rings. The molecule has 1 aromatic carbocycles. The van der Waals surface area contributed by atoms with Crippen LogP contribution in [-0.4, -0.2) is 16.1 Å². The van der Waals surface area contributed by atoms with Crippen molar-refractivity contribution in [3.8, 4) is 23.0 Å². The second kappa shape index (κ2) is 4.90. The molecule has 106 valence electrons. The zero-order valence-electron chi connectivity index (χ0n) is 11.1. The highest BCUT2D eigenvalue weighted by molar-refractivity contribution is 5.81. The summed E-state index contributed by atoms with van der Waals surface area (Å²) >= 11 is 0. The largest absolute Gasteiger partial charge is 0.508 e. The van der Waals surface area contributed by atoms with E-state index in [2.05, 4.69) is 4.98 Å². The third-order valence-electron chi connectivity index (χ3n) is 2.92. The molecule has 0 radical (unpaired) electrons. The molecule has 0 aromatic heterocycles. The quantitative estimate of drug-likeness (QED) is 0.441. The molecule has 1 aliphatic heterocycles. The summed E-state index contributed by atoms with van der Waals surface area (Å²) in [5, 5.41) is 9.44. The molecular formula is C15H11NO5. The molecule has 1 N–H and O–H groups in total. The van der Waals surface area contributed by atoms with Crippen molar-refractivity contribution in [2.24, 2.45) is 0 Å². The average Bonchev–Trinajstić information content (AvgIpc) is 2.45. The van der Waals surface area contributed by atoms with Gasteiger partial charge in [-0.05, 0) is 12.1 Å². The van der Waals surface area contributed by atoms with Crippen LogP contribution in [0.15, 0.2) is 39.5 Å². The van der Waals surface area contributed by atoms with Gasteiger partial charge in [0.1, 0.15) is 17.0 Å². The second-order valence-corrected chi connectivity index (χ2v) is 4.46. The number of hydrogen-bond donors (Lipinski definition) is 1. The highest BCUT2D eigenvalue weighted by Crippen LogP contribution is 2.32. The normalized spacial score (nSPS) is 10.9. The third kappa shape index (κ3) is 2.43. The molecule has 6 nitrogen and oxygen atoms in total. The van der Waals surface area contributed by atoms with Crippen LogP contribution in [-0.2, 0) is 4.79 Å². The Kier molecular flexibility index (Phi) is 3.06. The Bertz CT molecular complexity index is 868. The summed E-state index contributed by atoms with van der Waals surface area (Å²) in [5.41, 5.74) is 0.745. The van der Waals surface area contributed by atoms with Crippen LogP contribution in [0, 0.1) is 0 Å². The lowest BCUT2D eigenvalue weighted by molar-refractivity contribution is -0.134. The Morgan fingerprint density at radius 3 is 2.90 bits per heavy atom. The van der Waals surface area contributed by atoms with Gasteiger partial charge in [0.2, 0.25) is 0 Å². The number of phenolic OH excluding ortho intramolecular Hbond substituents is 1. The van der Waals surface area contributed by atoms with Gasteiger partial charge >= 0.3 is 5.97 Å². The van der Waals surface area contributed by atoms with Gasteiger partial charge in [-0.2, -0.15) is 0 Å². The van der Waals surface area contributed by atoms with Crippen molar-refractivity contribution in [3.05, 3.63) is 40.6 Å². The molecule has 0 saturated heterocycles. The van der Waals surface area contributed by atoms with Crippen molar-refractivity contribution in [2.45, 2.75) is 13.3 Å². The summed E-state index contributed by atoms with van der Waals surface area (Å²) in [5.74, 6) is -0.166. The van der Waals surface area contributed by atoms with Crippen LogP contribution in [0.25, 0.3) is 22.6 Å². The topological polar surface area (TPSA) is 89.6 Å². The van der Waals surface area contributed by atoms with E-state index in [9.17, 15) is 14.7 Å². The molecular weight excluding hydrogens is 274 g/mol. The maximum absolute atomic E-state index is 11.6. The van der Waals surface area contributed by atoms with Crippen LogP contribution >= 0.6 is 0 Å². The van der Waals surface area contributed by atoms with Gasteiger partial charge < -0.3 is 14.3 Å². The van der Waals surface area contributed by atoms with Crippen molar-refractivity contribution in [2.75, 3.05) is 0 Å². The number of ether oxygens (including phenoxy) is 1. The van der Waals surface area contributed by atoms with E-state index >= 15 is 0 Å². The molecule has 0 atom stereocenters. The maximum Gasteiger partial charge on any atom is 0.310 e. The molecule has 21 heavy (non-hydrogen) atoms. The fourth-order valence-corrected chi connectivity index (χ4v) is 1.93. The molecule has 0 spiro atoms. The van der Waals surface area contributed by atoms with Crippen molar-refractivity contribution >= 4 is 17.1 Å². The molecule has 1 aliphatic carbocycles. The number of esters is 1. The number of rotatable bonds is 2. The number of phenols is 1. The fraction of sp³-hybridized carbons (Fsp3) is 0.133. The number of carbonyl (C=O) groups is 1. The highest BCUT2D eigenvalue weighted by atomic mass is 16.5. The van der Waals surface area contributed by atoms with Crippen molar-refractivity contribution < 1.29 is 19.1 Å². The van der Waals surface area contributed by atoms with E-state index in [1.165, 1.54) is 24.3 Å². The van der Waals surface area contributed by atoms with E-state index in [0.29, 0.717) is 11.1 Å². The minimum Gasteiger partial charge on any atom is -0.508 e. The first-order chi connectivity index (χ1) is 10.1. The SMILES string of the molecule is CCC(=O)Oc1cc(=O)cc2oc3cc(O)ccc3nc1-2. The Morgan fingerprint density at radius 1 is 1.33 bits per heavy atom. The van der Waals surface area contributed by atoms with E-state index in [1.807, 2.05) is 0 Å². The summed E-state index contributed by atoms with van der Waals surface area (Å²) in [6.07, 6.45) is 0.184. The van der Waals surface area contributed by atoms with Crippen LogP contribution in [0.1, 0.15) is 13.3 Å². The third-order valence-corrected chi connectivity index (χ3v) is 2.92. The standard InChI is InChI=1S/C15H11NO5/c1-2-14(19)21-13-7-9(18)6-12-15(13)16-10-4-3-8(17)5-11(10)20-12/h3-7,17H,2H2,1H3. The van der Waals surface area contributed by atoms with E-state index in [4.69, 9.17) is 9.15 Å². The molecule has 6 heteroatoms. The summed E-state index contributed by atoms with van der Waals surface area (Å²) in [4.78, 5) is 27.4. The van der Waals surface area contributed by atoms with Crippen molar-refractivity contribution in [3.63, 3.8) is 0 Å². The van der Waals surface area contributed by atoms with Gasteiger partial charge in [-0.15, -0.1) is 0 Å². The maximum atomic E-state index is 11.6. The van der Waals surface area contributed by atoms with Crippen LogP contribution in [0.3, 0.4) is 0 Å². The summed E-state index contributed by atoms with van der Waals surface area (Å²) < 4.78 is 10.7. The lowest BCUT2D eigenvalue weighted by Crippen LogP contribution is -2.11. The predicted molar refractivity (Wildman–Crippen MR) is 74.5 cm³/mol. The zero-order valence-corrected chi connectivity index (χ0v) is 11.1. The Hall–Kier alpha value is -2.89. The lowest BCUT2D eigenvalue weighted by Gasteiger charge is -2.10. The van der Waals surface area contributed by atoms with Gasteiger partial charge in [-0.1, -0.05) is 6.92 Å². The van der Waals surface area contributed by atoms with Gasteiger partial charge in [0.25, 0.3) is 0 Å². The predicted octanol–water partition coefficient (Wildman–Crippen LogP) is 2.31. The smallest absolute Gasteiger partial charge is 0.310 e. The summed E-state index contributed by atoms with van der Waals surface area (Å²) in [6, 6.07) is 6.90. The number of aromatic nitrogens is 1. The van der Waals surface area contributed by atoms with E-state index in [0.717, 1.165) is 0 Å². The molecule has 2 aliphatic rings. The van der Waals surface area contributed by atoms with Crippen LogP contribution in [0.2, 0.25) is 0 Å². The van der Waals surface area contributed by atoms with Crippen LogP contribution < -0.4 is 10.2 Å². The Morgan fingerprint density at radius 2 is 2.14 bits per heavy atom. The van der Waals surface area contributed by atoms with Crippen molar-refractivity contribution in [1.29, 1.82) is 0 Å². The van der Waals surface area contributed by atoms with Gasteiger partial charge in [0, 0.05) is 24.6 Å². The average molecular weight is 285 g/mol. The van der Waals surface area contributed by atoms with Gasteiger partial charge in [-0.3, -0.25) is 9.59 Å². The number of hydrogen-bond acceptors (Lipinski definition) is 6. The van der Waals surface area contributed by atoms with Gasteiger partial charge in [0.15, 0.2) is 22.5 Å². The van der Waals surface area contributed by atoms with Gasteiger partial charge in [-0.25, -0.2) is 4.98 Å². The molecule has 3 rings (SSSR count). The first-order valence-electron chi connectivity index (χ1n) is 6.35. The minimum atomic E-state index is -0.463. The number of benzene rings is 2. The van der Waals surface area contributed by atoms with Crippen LogP contribution in [0.5, 0.6) is 11.5 Å². The summed E-state index contributed by atoms with van der Waals surface area (Å²) in [7, 11) is 0. The molecule has 0 saturated carbocycles. The molecule has 1 heterocycles. The fourth-order valence-electron chi connectivity index (χ4n) is 1.93. The Balaban J connectivity index is 2.27. The number of carbonyl (C=O) groups excluding carboxylic acids is 1. The molecule has 0 unspecified atom stereocenters. The monoisotopic (exact) mass is 285 g/mol. The zero-order chi connectivity index (χ0) is 15.0. The first-order valence-corrected chi connectivity index (χ1v) is 6.35. The van der Waals surface area contributed by atoms with E-state index in [1.54, 1.807) is 13.0 Å². The summed E-state index contributed by atoms with van der Waals surface area (Å²) in [6.45, 7) is 1.65. The number of aromatic hydroxyl groups is 1. The first kappa shape index (κ1) is 13.1. The second-order valence-electron chi connectivity index (χ2n) is 4.46. The number of nitrogens with zero attached hydrogens (tertiary/aromatic N) is 1. The number of fused-ring (bicyclic) bond motifs is 2. The molecule has 0 bridgehead atoms. The Labute approximate surface area is 118 Å². The molecule has 0 fully saturated rings. The van der Waals surface area contributed by atoms with E-state index in [-0.39, 0.29) is 34.8 Å².